The highest BCUT2D eigenvalue weighted by molar-refractivity contribution is 7.89. The number of benzene rings is 1. The van der Waals surface area contributed by atoms with Crippen LogP contribution in [0.25, 0.3) is 0 Å². The van der Waals surface area contributed by atoms with Crippen LogP contribution in [0.15, 0.2) is 23.1 Å². The van der Waals surface area contributed by atoms with Gasteiger partial charge in [0.25, 0.3) is 0 Å². The number of nitrogens with one attached hydrogen (secondary N) is 2. The molecule has 0 unspecified atom stereocenters. The fourth-order valence-corrected chi connectivity index (χ4v) is 3.01. The van der Waals surface area contributed by atoms with Crippen molar-refractivity contribution in [3.05, 3.63) is 23.8 Å². The van der Waals surface area contributed by atoms with Gasteiger partial charge in [-0.3, -0.25) is 4.79 Å². The third-order valence-corrected chi connectivity index (χ3v) is 4.46. The van der Waals surface area contributed by atoms with Gasteiger partial charge in [-0.2, -0.15) is 0 Å². The molecule has 1 rings (SSSR count). The van der Waals surface area contributed by atoms with Crippen LogP contribution in [0.1, 0.15) is 25.8 Å². The summed E-state index contributed by atoms with van der Waals surface area (Å²) in [5.74, 6) is 0.198. The van der Waals surface area contributed by atoms with Gasteiger partial charge >= 0.3 is 0 Å². The van der Waals surface area contributed by atoms with E-state index in [2.05, 4.69) is 10.0 Å². The molecule has 0 fully saturated rings. The van der Waals surface area contributed by atoms with E-state index in [4.69, 9.17) is 5.73 Å². The molecule has 0 spiro atoms. The molecule has 0 saturated carbocycles. The highest BCUT2D eigenvalue weighted by Gasteiger charge is 2.16. The molecule has 7 heteroatoms. The van der Waals surface area contributed by atoms with E-state index < -0.39 is 10.0 Å². The Morgan fingerprint density at radius 1 is 1.33 bits per heavy atom. The molecule has 1 aromatic rings. The molecule has 1 aromatic carbocycles. The maximum Gasteiger partial charge on any atom is 0.240 e. The van der Waals surface area contributed by atoms with Crippen molar-refractivity contribution in [1.82, 2.24) is 10.0 Å². The van der Waals surface area contributed by atoms with Gasteiger partial charge in [-0.1, -0.05) is 13.8 Å². The number of nitrogens with two attached hydrogens (primary N) is 1. The van der Waals surface area contributed by atoms with Crippen LogP contribution >= 0.6 is 0 Å². The standard InChI is InChI=1S/C14H23N3O3S/c1-10(2)9-16-14(18)6-7-17-21(19,20)13-5-4-12(15)8-11(13)3/h4-5,8,10,17H,6-7,9,15H2,1-3H3,(H,16,18). The van der Waals surface area contributed by atoms with Gasteiger partial charge in [-0.05, 0) is 36.6 Å². The number of sulfonamides is 1. The molecule has 0 aromatic heterocycles. The van der Waals surface area contributed by atoms with Gasteiger partial charge in [-0.25, -0.2) is 13.1 Å². The minimum Gasteiger partial charge on any atom is -0.399 e. The quantitative estimate of drug-likeness (QED) is 0.654. The van der Waals surface area contributed by atoms with E-state index in [0.717, 1.165) is 0 Å². The number of carbonyl (C=O) groups excluding carboxylic acids is 1. The smallest absolute Gasteiger partial charge is 0.240 e. The fraction of sp³-hybridized carbons (Fsp3) is 0.500. The van der Waals surface area contributed by atoms with Crippen LogP contribution in [0.4, 0.5) is 5.69 Å². The molecule has 0 aliphatic carbocycles. The van der Waals surface area contributed by atoms with Crippen molar-refractivity contribution in [1.29, 1.82) is 0 Å². The lowest BCUT2D eigenvalue weighted by molar-refractivity contribution is -0.121. The van der Waals surface area contributed by atoms with Crippen LogP contribution in [-0.2, 0) is 14.8 Å². The van der Waals surface area contributed by atoms with Gasteiger partial charge in [0.2, 0.25) is 15.9 Å². The van der Waals surface area contributed by atoms with Crippen molar-refractivity contribution in [3.8, 4) is 0 Å². The SMILES string of the molecule is Cc1cc(N)ccc1S(=O)(=O)NCCC(=O)NCC(C)C. The first-order chi connectivity index (χ1) is 9.72. The Morgan fingerprint density at radius 2 is 2.00 bits per heavy atom. The second-order valence-corrected chi connectivity index (χ2v) is 7.11. The molecule has 0 saturated heterocycles. The Balaban J connectivity index is 2.56. The molecule has 0 atom stereocenters. The van der Waals surface area contributed by atoms with E-state index in [0.29, 0.717) is 23.7 Å². The van der Waals surface area contributed by atoms with Gasteiger partial charge < -0.3 is 11.1 Å². The summed E-state index contributed by atoms with van der Waals surface area (Å²) in [5, 5.41) is 2.74. The third-order valence-electron chi connectivity index (χ3n) is 2.84. The fourth-order valence-electron chi connectivity index (χ4n) is 1.76. The summed E-state index contributed by atoms with van der Waals surface area (Å²) in [6.45, 7) is 6.32. The number of hydrogen-bond donors (Lipinski definition) is 3. The highest BCUT2D eigenvalue weighted by atomic mass is 32.2. The normalized spacial score (nSPS) is 11.6. The van der Waals surface area contributed by atoms with Crippen LogP contribution in [0.3, 0.4) is 0 Å². The summed E-state index contributed by atoms with van der Waals surface area (Å²) in [4.78, 5) is 11.7. The first-order valence-corrected chi connectivity index (χ1v) is 8.33. The molecule has 0 heterocycles. The number of aryl methyl sites for hydroxylation is 1. The first-order valence-electron chi connectivity index (χ1n) is 6.85. The third kappa shape index (κ3) is 5.73. The van der Waals surface area contributed by atoms with E-state index in [1.54, 1.807) is 13.0 Å². The Hall–Kier alpha value is -1.60. The van der Waals surface area contributed by atoms with Crippen LogP contribution in [0.5, 0.6) is 0 Å². The van der Waals surface area contributed by atoms with Gasteiger partial charge in [0.1, 0.15) is 0 Å². The molecule has 21 heavy (non-hydrogen) atoms. The second-order valence-electron chi connectivity index (χ2n) is 5.37. The Labute approximate surface area is 126 Å². The lowest BCUT2D eigenvalue weighted by atomic mass is 10.2. The van der Waals surface area contributed by atoms with Crippen LogP contribution in [0.2, 0.25) is 0 Å². The highest BCUT2D eigenvalue weighted by Crippen LogP contribution is 2.17. The van der Waals surface area contributed by atoms with Gasteiger partial charge in [-0.15, -0.1) is 0 Å². The lowest BCUT2D eigenvalue weighted by Gasteiger charge is -2.10. The number of anilines is 1. The molecule has 0 aliphatic rings. The predicted molar refractivity (Wildman–Crippen MR) is 83.2 cm³/mol. The van der Waals surface area contributed by atoms with Crippen molar-refractivity contribution in [3.63, 3.8) is 0 Å². The summed E-state index contributed by atoms with van der Waals surface area (Å²) >= 11 is 0. The van der Waals surface area contributed by atoms with Crippen LogP contribution < -0.4 is 15.8 Å². The average Bonchev–Trinajstić information content (AvgIpc) is 2.35. The maximum absolute atomic E-state index is 12.1. The Kier molecular flexibility index (Phi) is 6.17. The molecule has 0 radical (unpaired) electrons. The number of hydrogen-bond acceptors (Lipinski definition) is 4. The second kappa shape index (κ2) is 7.42. The molecular weight excluding hydrogens is 290 g/mol. The summed E-state index contributed by atoms with van der Waals surface area (Å²) in [7, 11) is -3.62. The van der Waals surface area contributed by atoms with Crippen molar-refractivity contribution >= 4 is 21.6 Å². The molecule has 0 bridgehead atoms. The monoisotopic (exact) mass is 313 g/mol. The summed E-state index contributed by atoms with van der Waals surface area (Å²) in [6, 6.07) is 4.60. The summed E-state index contributed by atoms with van der Waals surface area (Å²) in [5.41, 5.74) is 6.69. The predicted octanol–water partition coefficient (Wildman–Crippen LogP) is 1.02. The number of carbonyl (C=O) groups is 1. The van der Waals surface area contributed by atoms with E-state index >= 15 is 0 Å². The summed E-state index contributed by atoms with van der Waals surface area (Å²) in [6.07, 6.45) is 0.111. The zero-order valence-corrected chi connectivity index (χ0v) is 13.5. The van der Waals surface area contributed by atoms with Gasteiger partial charge in [0, 0.05) is 25.2 Å². The van der Waals surface area contributed by atoms with Gasteiger partial charge in [0.15, 0.2) is 0 Å². The molecule has 6 nitrogen and oxygen atoms in total. The van der Waals surface area contributed by atoms with Crippen molar-refractivity contribution in [2.45, 2.75) is 32.1 Å². The number of rotatable bonds is 7. The maximum atomic E-state index is 12.1. The van der Waals surface area contributed by atoms with Crippen molar-refractivity contribution < 1.29 is 13.2 Å². The Morgan fingerprint density at radius 3 is 2.57 bits per heavy atom. The van der Waals surface area contributed by atoms with E-state index in [1.807, 2.05) is 13.8 Å². The lowest BCUT2D eigenvalue weighted by Crippen LogP contribution is -2.32. The van der Waals surface area contributed by atoms with Gasteiger partial charge in [0.05, 0.1) is 4.90 Å². The largest absolute Gasteiger partial charge is 0.399 e. The van der Waals surface area contributed by atoms with E-state index in [9.17, 15) is 13.2 Å². The molecule has 118 valence electrons. The molecular formula is C14H23N3O3S. The summed E-state index contributed by atoms with van der Waals surface area (Å²) < 4.78 is 26.7. The van der Waals surface area contributed by atoms with E-state index in [-0.39, 0.29) is 23.8 Å². The van der Waals surface area contributed by atoms with Crippen molar-refractivity contribution in [2.24, 2.45) is 5.92 Å². The average molecular weight is 313 g/mol. The molecule has 0 aliphatic heterocycles. The zero-order chi connectivity index (χ0) is 16.0. The number of amides is 1. The minimum atomic E-state index is -3.62. The van der Waals surface area contributed by atoms with Crippen LogP contribution in [0, 0.1) is 12.8 Å². The zero-order valence-electron chi connectivity index (χ0n) is 12.6. The van der Waals surface area contributed by atoms with Crippen LogP contribution in [-0.4, -0.2) is 27.4 Å². The van der Waals surface area contributed by atoms with E-state index in [1.165, 1.54) is 12.1 Å². The molecule has 1 amide bonds. The first kappa shape index (κ1) is 17.5. The number of nitrogen functional groups attached to an aromatic ring is 1. The molecule has 4 N–H and O–H groups in total. The topological polar surface area (TPSA) is 101 Å². The minimum absolute atomic E-state index is 0.0656. The van der Waals surface area contributed by atoms with Crippen molar-refractivity contribution in [2.75, 3.05) is 18.8 Å². The Bertz CT molecular complexity index is 597.